The molecule has 1 N–H and O–H groups in total. The van der Waals surface area contributed by atoms with Crippen molar-refractivity contribution >= 4 is 23.2 Å². The van der Waals surface area contributed by atoms with Crippen LogP contribution in [0.3, 0.4) is 0 Å². The SMILES string of the molecule is O=C(Cc1cc(Cl)c2c(c1)OCCO2)Nc1ccc(-n2ccnc2)c(F)c1. The number of halogens is 2. The summed E-state index contributed by atoms with van der Waals surface area (Å²) in [5, 5.41) is 3.08. The lowest BCUT2D eigenvalue weighted by atomic mass is 10.1. The van der Waals surface area contributed by atoms with Gasteiger partial charge < -0.3 is 19.4 Å². The number of aromatic nitrogens is 2. The molecule has 8 heteroatoms. The van der Waals surface area contributed by atoms with E-state index in [2.05, 4.69) is 10.3 Å². The Morgan fingerprint density at radius 1 is 1.26 bits per heavy atom. The Hall–Kier alpha value is -3.06. The number of benzene rings is 2. The van der Waals surface area contributed by atoms with Gasteiger partial charge in [0.25, 0.3) is 0 Å². The highest BCUT2D eigenvalue weighted by molar-refractivity contribution is 6.32. The van der Waals surface area contributed by atoms with Crippen molar-refractivity contribution in [2.75, 3.05) is 18.5 Å². The molecule has 0 saturated carbocycles. The van der Waals surface area contributed by atoms with Crippen molar-refractivity contribution in [2.45, 2.75) is 6.42 Å². The molecule has 0 fully saturated rings. The van der Waals surface area contributed by atoms with E-state index in [1.165, 1.54) is 12.4 Å². The molecule has 138 valence electrons. The molecule has 1 aliphatic heterocycles. The second-order valence-corrected chi connectivity index (χ2v) is 6.37. The Bertz CT molecular complexity index is 992. The lowest BCUT2D eigenvalue weighted by Crippen LogP contribution is -2.17. The molecule has 0 radical (unpaired) electrons. The zero-order valence-corrected chi connectivity index (χ0v) is 14.9. The van der Waals surface area contributed by atoms with Crippen LogP contribution < -0.4 is 14.8 Å². The predicted octanol–water partition coefficient (Wildman–Crippen LogP) is 3.62. The molecule has 1 amide bonds. The molecule has 3 aromatic rings. The van der Waals surface area contributed by atoms with Gasteiger partial charge in [0, 0.05) is 18.1 Å². The molecule has 0 unspecified atom stereocenters. The first-order chi connectivity index (χ1) is 13.1. The van der Waals surface area contributed by atoms with Crippen LogP contribution >= 0.6 is 11.6 Å². The number of imidazole rings is 1. The topological polar surface area (TPSA) is 65.4 Å². The second kappa shape index (κ2) is 7.28. The van der Waals surface area contributed by atoms with E-state index in [1.54, 1.807) is 41.2 Å². The second-order valence-electron chi connectivity index (χ2n) is 5.96. The summed E-state index contributed by atoms with van der Waals surface area (Å²) in [4.78, 5) is 16.2. The Morgan fingerprint density at radius 2 is 2.11 bits per heavy atom. The number of nitrogens with zero attached hydrogens (tertiary/aromatic N) is 2. The lowest BCUT2D eigenvalue weighted by molar-refractivity contribution is -0.115. The summed E-state index contributed by atoms with van der Waals surface area (Å²) >= 11 is 6.18. The van der Waals surface area contributed by atoms with Crippen molar-refractivity contribution in [1.82, 2.24) is 9.55 Å². The molecule has 2 heterocycles. The number of nitrogens with one attached hydrogen (secondary N) is 1. The van der Waals surface area contributed by atoms with Gasteiger partial charge in [-0.15, -0.1) is 0 Å². The monoisotopic (exact) mass is 387 g/mol. The average Bonchev–Trinajstić information content (AvgIpc) is 3.16. The van der Waals surface area contributed by atoms with Crippen LogP contribution in [0.15, 0.2) is 49.1 Å². The number of carbonyl (C=O) groups excluding carboxylic acids is 1. The summed E-state index contributed by atoms with van der Waals surface area (Å²) in [5.41, 5.74) is 1.39. The van der Waals surface area contributed by atoms with Crippen molar-refractivity contribution in [3.8, 4) is 17.2 Å². The van der Waals surface area contributed by atoms with Crippen LogP contribution in [0.1, 0.15) is 5.56 Å². The Kier molecular flexibility index (Phi) is 4.68. The molecule has 0 atom stereocenters. The first-order valence-corrected chi connectivity index (χ1v) is 8.64. The highest BCUT2D eigenvalue weighted by Gasteiger charge is 2.18. The van der Waals surface area contributed by atoms with Gasteiger partial charge >= 0.3 is 0 Å². The van der Waals surface area contributed by atoms with Gasteiger partial charge in [0.15, 0.2) is 11.5 Å². The molecule has 1 aromatic heterocycles. The fourth-order valence-electron chi connectivity index (χ4n) is 2.85. The number of rotatable bonds is 4. The van der Waals surface area contributed by atoms with Crippen LogP contribution in [0.2, 0.25) is 5.02 Å². The molecule has 1 aliphatic rings. The quantitative estimate of drug-likeness (QED) is 0.742. The molecule has 4 rings (SSSR count). The van der Waals surface area contributed by atoms with Gasteiger partial charge in [0.2, 0.25) is 5.91 Å². The van der Waals surface area contributed by atoms with E-state index in [9.17, 15) is 9.18 Å². The Morgan fingerprint density at radius 3 is 2.89 bits per heavy atom. The van der Waals surface area contributed by atoms with E-state index in [4.69, 9.17) is 21.1 Å². The number of hydrogen-bond donors (Lipinski definition) is 1. The summed E-state index contributed by atoms with van der Waals surface area (Å²) in [5.74, 6) is 0.252. The molecule has 0 spiro atoms. The minimum atomic E-state index is -0.465. The minimum Gasteiger partial charge on any atom is -0.486 e. The first-order valence-electron chi connectivity index (χ1n) is 8.26. The molecule has 2 aromatic carbocycles. The van der Waals surface area contributed by atoms with E-state index in [0.717, 1.165) is 0 Å². The number of anilines is 1. The Balaban J connectivity index is 1.47. The minimum absolute atomic E-state index is 0.0707. The first kappa shape index (κ1) is 17.4. The van der Waals surface area contributed by atoms with E-state index in [-0.39, 0.29) is 12.3 Å². The fraction of sp³-hybridized carbons (Fsp3) is 0.158. The zero-order valence-electron chi connectivity index (χ0n) is 14.1. The van der Waals surface area contributed by atoms with Gasteiger partial charge in [0.05, 0.1) is 23.5 Å². The van der Waals surface area contributed by atoms with Crippen molar-refractivity contribution < 1.29 is 18.7 Å². The Labute approximate surface area is 159 Å². The molecular weight excluding hydrogens is 373 g/mol. The number of amides is 1. The van der Waals surface area contributed by atoms with E-state index in [1.807, 2.05) is 0 Å². The molecule has 27 heavy (non-hydrogen) atoms. The fourth-order valence-corrected chi connectivity index (χ4v) is 3.14. The van der Waals surface area contributed by atoms with Gasteiger partial charge in [-0.05, 0) is 35.9 Å². The predicted molar refractivity (Wildman–Crippen MR) is 98.3 cm³/mol. The van der Waals surface area contributed by atoms with Crippen molar-refractivity contribution in [2.24, 2.45) is 0 Å². The normalized spacial score (nSPS) is 12.7. The lowest BCUT2D eigenvalue weighted by Gasteiger charge is -2.20. The molecule has 6 nitrogen and oxygen atoms in total. The van der Waals surface area contributed by atoms with E-state index in [0.29, 0.717) is 46.7 Å². The maximum absolute atomic E-state index is 14.3. The molecule has 0 bridgehead atoms. The third kappa shape index (κ3) is 3.73. The summed E-state index contributed by atoms with van der Waals surface area (Å²) in [6, 6.07) is 7.87. The van der Waals surface area contributed by atoms with E-state index < -0.39 is 5.82 Å². The summed E-state index contributed by atoms with van der Waals surface area (Å²) in [6.07, 6.45) is 4.78. The summed E-state index contributed by atoms with van der Waals surface area (Å²) in [7, 11) is 0. The van der Waals surface area contributed by atoms with E-state index >= 15 is 0 Å². The number of hydrogen-bond acceptors (Lipinski definition) is 4. The maximum Gasteiger partial charge on any atom is 0.228 e. The van der Waals surface area contributed by atoms with Crippen LogP contribution in [0, 0.1) is 5.82 Å². The maximum atomic E-state index is 14.3. The van der Waals surface area contributed by atoms with Gasteiger partial charge in [-0.3, -0.25) is 4.79 Å². The summed E-state index contributed by atoms with van der Waals surface area (Å²) in [6.45, 7) is 0.870. The number of fused-ring (bicyclic) bond motifs is 1. The smallest absolute Gasteiger partial charge is 0.228 e. The van der Waals surface area contributed by atoms with Crippen LogP contribution in [0.5, 0.6) is 11.5 Å². The molecule has 0 aliphatic carbocycles. The van der Waals surface area contributed by atoms with Crippen molar-refractivity contribution in [3.63, 3.8) is 0 Å². The third-order valence-electron chi connectivity index (χ3n) is 4.04. The van der Waals surface area contributed by atoms with Crippen LogP contribution in [0.4, 0.5) is 10.1 Å². The van der Waals surface area contributed by atoms with Gasteiger partial charge in [-0.2, -0.15) is 0 Å². The summed E-state index contributed by atoms with van der Waals surface area (Å²) < 4.78 is 26.8. The van der Waals surface area contributed by atoms with Crippen LogP contribution in [-0.2, 0) is 11.2 Å². The number of ether oxygens (including phenoxy) is 2. The van der Waals surface area contributed by atoms with Crippen molar-refractivity contribution in [3.05, 3.63) is 65.5 Å². The molecular formula is C19H15ClFN3O3. The highest BCUT2D eigenvalue weighted by atomic mass is 35.5. The van der Waals surface area contributed by atoms with Gasteiger partial charge in [-0.25, -0.2) is 9.37 Å². The largest absolute Gasteiger partial charge is 0.486 e. The standard InChI is InChI=1S/C19H15ClFN3O3/c20-14-7-12(8-17-19(14)27-6-5-26-17)9-18(25)23-13-1-2-16(15(21)10-13)24-4-3-22-11-24/h1-4,7-8,10-11H,5-6,9H2,(H,23,25). The van der Waals surface area contributed by atoms with Crippen LogP contribution in [-0.4, -0.2) is 28.7 Å². The van der Waals surface area contributed by atoms with Crippen molar-refractivity contribution in [1.29, 1.82) is 0 Å². The highest BCUT2D eigenvalue weighted by Crippen LogP contribution is 2.38. The average molecular weight is 388 g/mol. The van der Waals surface area contributed by atoms with Crippen LogP contribution in [0.25, 0.3) is 5.69 Å². The third-order valence-corrected chi connectivity index (χ3v) is 4.32. The molecule has 0 saturated heterocycles. The van der Waals surface area contributed by atoms with Gasteiger partial charge in [0.1, 0.15) is 19.0 Å². The number of carbonyl (C=O) groups is 1. The zero-order chi connectivity index (χ0) is 18.8. The van der Waals surface area contributed by atoms with Gasteiger partial charge in [-0.1, -0.05) is 11.6 Å².